The first-order valence-corrected chi connectivity index (χ1v) is 9.12. The number of rotatable bonds is 4. The smallest absolute Gasteiger partial charge is 0.152 e. The van der Waals surface area contributed by atoms with E-state index in [2.05, 4.69) is 40.3 Å². The summed E-state index contributed by atoms with van der Waals surface area (Å²) in [5, 5.41) is 18.0. The third-order valence-electron chi connectivity index (χ3n) is 5.29. The van der Waals surface area contributed by atoms with E-state index in [9.17, 15) is 0 Å². The zero-order chi connectivity index (χ0) is 18.8. The predicted molar refractivity (Wildman–Crippen MR) is 100 cm³/mol. The number of anilines is 1. The summed E-state index contributed by atoms with van der Waals surface area (Å²) >= 11 is 0. The van der Waals surface area contributed by atoms with Gasteiger partial charge in [-0.1, -0.05) is 0 Å². The Bertz CT molecular complexity index is 972. The van der Waals surface area contributed by atoms with Crippen molar-refractivity contribution < 1.29 is 0 Å². The maximum Gasteiger partial charge on any atom is 0.152 e. The van der Waals surface area contributed by atoms with Crippen LogP contribution in [0.1, 0.15) is 41.8 Å². The highest BCUT2D eigenvalue weighted by molar-refractivity contribution is 5.45. The van der Waals surface area contributed by atoms with Gasteiger partial charge >= 0.3 is 0 Å². The van der Waals surface area contributed by atoms with E-state index in [0.717, 1.165) is 49.2 Å². The normalized spacial score (nSPS) is 15.1. The van der Waals surface area contributed by atoms with Crippen LogP contribution in [0.5, 0.6) is 0 Å². The highest BCUT2D eigenvalue weighted by Crippen LogP contribution is 2.29. The number of pyridine rings is 1. The lowest BCUT2D eigenvalue weighted by Crippen LogP contribution is -2.34. The molecule has 1 aliphatic rings. The van der Waals surface area contributed by atoms with Crippen LogP contribution in [-0.2, 0) is 13.6 Å². The highest BCUT2D eigenvalue weighted by Gasteiger charge is 2.26. The molecule has 27 heavy (non-hydrogen) atoms. The van der Waals surface area contributed by atoms with Gasteiger partial charge in [-0.05, 0) is 31.9 Å². The standard InChI is InChI=1S/C19H22N8/c1-14-21-7-10-27(14)13-18-23-24-19(25(18)2)16-4-8-26(9-5-16)17-11-15(12-20)3-6-22-17/h3,6-7,10-11,16H,4-5,8-9,13H2,1-2H3. The average Bonchev–Trinajstić information content (AvgIpc) is 3.28. The molecule has 0 N–H and O–H groups in total. The fraction of sp³-hybridized carbons (Fsp3) is 0.421. The first-order chi connectivity index (χ1) is 13.2. The minimum Gasteiger partial charge on any atom is -0.357 e. The summed E-state index contributed by atoms with van der Waals surface area (Å²) in [5.74, 6) is 4.22. The largest absolute Gasteiger partial charge is 0.357 e. The summed E-state index contributed by atoms with van der Waals surface area (Å²) in [6, 6.07) is 5.77. The van der Waals surface area contributed by atoms with Crippen LogP contribution in [0.3, 0.4) is 0 Å². The topological polar surface area (TPSA) is 88.4 Å². The van der Waals surface area contributed by atoms with Crippen molar-refractivity contribution in [1.82, 2.24) is 29.3 Å². The Morgan fingerprint density at radius 3 is 2.70 bits per heavy atom. The van der Waals surface area contributed by atoms with Crippen molar-refractivity contribution in [1.29, 1.82) is 5.26 Å². The summed E-state index contributed by atoms with van der Waals surface area (Å²) in [5.41, 5.74) is 0.648. The van der Waals surface area contributed by atoms with Crippen LogP contribution < -0.4 is 4.90 Å². The van der Waals surface area contributed by atoms with Gasteiger partial charge in [-0.15, -0.1) is 10.2 Å². The molecular formula is C19H22N8. The van der Waals surface area contributed by atoms with E-state index in [1.54, 1.807) is 18.5 Å². The number of aryl methyl sites for hydroxylation is 1. The fourth-order valence-electron chi connectivity index (χ4n) is 3.62. The predicted octanol–water partition coefficient (Wildman–Crippen LogP) is 2.02. The second-order valence-electron chi connectivity index (χ2n) is 6.91. The van der Waals surface area contributed by atoms with Gasteiger partial charge in [-0.25, -0.2) is 9.97 Å². The van der Waals surface area contributed by atoms with Gasteiger partial charge < -0.3 is 14.0 Å². The SMILES string of the molecule is Cc1nccn1Cc1nnc(C2CCN(c3cc(C#N)ccn3)CC2)n1C. The van der Waals surface area contributed by atoms with Crippen molar-refractivity contribution in [3.63, 3.8) is 0 Å². The minimum absolute atomic E-state index is 0.385. The molecule has 0 unspecified atom stereocenters. The van der Waals surface area contributed by atoms with Gasteiger partial charge in [0.05, 0.1) is 18.2 Å². The lowest BCUT2D eigenvalue weighted by Gasteiger charge is -2.32. The first kappa shape index (κ1) is 17.2. The number of imidazole rings is 1. The number of hydrogen-bond donors (Lipinski definition) is 0. The van der Waals surface area contributed by atoms with E-state index in [1.807, 2.05) is 26.2 Å². The quantitative estimate of drug-likeness (QED) is 0.705. The summed E-state index contributed by atoms with van der Waals surface area (Å²) in [6.45, 7) is 4.46. The Kier molecular flexibility index (Phi) is 4.59. The molecule has 0 bridgehead atoms. The number of nitriles is 1. The maximum atomic E-state index is 9.07. The summed E-state index contributed by atoms with van der Waals surface area (Å²) < 4.78 is 4.19. The van der Waals surface area contributed by atoms with Crippen molar-refractivity contribution in [3.05, 3.63) is 53.8 Å². The van der Waals surface area contributed by atoms with Crippen LogP contribution in [0, 0.1) is 18.3 Å². The van der Waals surface area contributed by atoms with Crippen LogP contribution in [0.2, 0.25) is 0 Å². The van der Waals surface area contributed by atoms with Crippen molar-refractivity contribution in [2.45, 2.75) is 32.2 Å². The molecule has 4 rings (SSSR count). The Hall–Kier alpha value is -3.21. The molecule has 0 aliphatic carbocycles. The van der Waals surface area contributed by atoms with E-state index in [-0.39, 0.29) is 0 Å². The average molecular weight is 362 g/mol. The molecule has 138 valence electrons. The molecule has 0 atom stereocenters. The molecule has 4 heterocycles. The van der Waals surface area contributed by atoms with Gasteiger partial charge in [0, 0.05) is 44.6 Å². The van der Waals surface area contributed by atoms with Crippen molar-refractivity contribution in [3.8, 4) is 6.07 Å². The molecule has 3 aromatic rings. The van der Waals surface area contributed by atoms with E-state index < -0.39 is 0 Å². The van der Waals surface area contributed by atoms with Crippen molar-refractivity contribution >= 4 is 5.82 Å². The van der Waals surface area contributed by atoms with Crippen LogP contribution in [-0.4, -0.2) is 42.4 Å². The Morgan fingerprint density at radius 2 is 2.00 bits per heavy atom. The Labute approximate surface area is 158 Å². The fourth-order valence-corrected chi connectivity index (χ4v) is 3.62. The zero-order valence-electron chi connectivity index (χ0n) is 15.6. The second-order valence-corrected chi connectivity index (χ2v) is 6.91. The van der Waals surface area contributed by atoms with Crippen molar-refractivity contribution in [2.24, 2.45) is 7.05 Å². The lowest BCUT2D eigenvalue weighted by molar-refractivity contribution is 0.470. The van der Waals surface area contributed by atoms with Crippen LogP contribution in [0.15, 0.2) is 30.7 Å². The maximum absolute atomic E-state index is 9.07. The molecule has 1 fully saturated rings. The number of hydrogen-bond acceptors (Lipinski definition) is 6. The van der Waals surface area contributed by atoms with Crippen molar-refractivity contribution in [2.75, 3.05) is 18.0 Å². The van der Waals surface area contributed by atoms with Gasteiger partial charge in [0.2, 0.25) is 0 Å². The molecular weight excluding hydrogens is 340 g/mol. The lowest BCUT2D eigenvalue weighted by atomic mass is 9.96. The minimum atomic E-state index is 0.385. The number of nitrogens with zero attached hydrogens (tertiary/aromatic N) is 8. The monoisotopic (exact) mass is 362 g/mol. The zero-order valence-corrected chi connectivity index (χ0v) is 15.6. The molecule has 1 saturated heterocycles. The van der Waals surface area contributed by atoms with E-state index in [4.69, 9.17) is 5.26 Å². The Balaban J connectivity index is 1.44. The molecule has 0 radical (unpaired) electrons. The van der Waals surface area contributed by atoms with Gasteiger partial charge in [0.15, 0.2) is 5.82 Å². The Morgan fingerprint density at radius 1 is 1.19 bits per heavy atom. The number of piperidine rings is 1. The van der Waals surface area contributed by atoms with Crippen LogP contribution >= 0.6 is 0 Å². The molecule has 0 amide bonds. The van der Waals surface area contributed by atoms with E-state index in [1.165, 1.54) is 0 Å². The molecule has 1 aliphatic heterocycles. The summed E-state index contributed by atoms with van der Waals surface area (Å²) in [7, 11) is 2.04. The highest BCUT2D eigenvalue weighted by atomic mass is 15.3. The molecule has 8 heteroatoms. The van der Waals surface area contributed by atoms with Gasteiger partial charge in [0.25, 0.3) is 0 Å². The molecule has 3 aromatic heterocycles. The van der Waals surface area contributed by atoms with E-state index >= 15 is 0 Å². The van der Waals surface area contributed by atoms with Gasteiger partial charge in [-0.2, -0.15) is 5.26 Å². The van der Waals surface area contributed by atoms with Gasteiger partial charge in [-0.3, -0.25) is 0 Å². The van der Waals surface area contributed by atoms with Gasteiger partial charge in [0.1, 0.15) is 17.5 Å². The van der Waals surface area contributed by atoms with Crippen LogP contribution in [0.4, 0.5) is 5.82 Å². The second kappa shape index (κ2) is 7.19. The third-order valence-corrected chi connectivity index (χ3v) is 5.29. The molecule has 0 spiro atoms. The summed E-state index contributed by atoms with van der Waals surface area (Å²) in [4.78, 5) is 10.9. The molecule has 8 nitrogen and oxygen atoms in total. The third kappa shape index (κ3) is 3.40. The molecule has 0 aromatic carbocycles. The van der Waals surface area contributed by atoms with E-state index in [0.29, 0.717) is 18.0 Å². The summed E-state index contributed by atoms with van der Waals surface area (Å²) in [6.07, 6.45) is 7.46. The van der Waals surface area contributed by atoms with Crippen LogP contribution in [0.25, 0.3) is 0 Å². The molecule has 0 saturated carbocycles. The number of aromatic nitrogens is 6. The first-order valence-electron chi connectivity index (χ1n) is 9.12.